The summed E-state index contributed by atoms with van der Waals surface area (Å²) in [5.41, 5.74) is 0.678. The topological polar surface area (TPSA) is 32.8 Å². The van der Waals surface area contributed by atoms with Crippen LogP contribution in [0.15, 0.2) is 30.3 Å². The number of amides is 1. The van der Waals surface area contributed by atoms with Crippen molar-refractivity contribution >= 4 is 6.41 Å². The molecule has 1 aromatic rings. The van der Waals surface area contributed by atoms with Crippen molar-refractivity contribution in [2.75, 3.05) is 13.1 Å². The van der Waals surface area contributed by atoms with Gasteiger partial charge in [0, 0.05) is 19.6 Å². The number of hydrogen-bond acceptors (Lipinski definition) is 3. The van der Waals surface area contributed by atoms with Crippen molar-refractivity contribution < 1.29 is 9.63 Å². The Kier molecular flexibility index (Phi) is 4.69. The van der Waals surface area contributed by atoms with Gasteiger partial charge in [-0.1, -0.05) is 30.3 Å². The lowest BCUT2D eigenvalue weighted by Gasteiger charge is -2.38. The van der Waals surface area contributed by atoms with Gasteiger partial charge >= 0.3 is 0 Å². The Morgan fingerprint density at radius 1 is 1.33 bits per heavy atom. The number of nitrogens with zero attached hydrogens (tertiary/aromatic N) is 2. The van der Waals surface area contributed by atoms with Crippen LogP contribution in [0.5, 0.6) is 0 Å². The molecule has 0 aliphatic carbocycles. The molecule has 1 aliphatic rings. The molecule has 4 heteroatoms. The Morgan fingerprint density at radius 3 is 2.57 bits per heavy atom. The summed E-state index contributed by atoms with van der Waals surface area (Å²) >= 11 is 0. The first-order chi connectivity index (χ1) is 9.82. The monoisotopic (exact) mass is 290 g/mol. The highest BCUT2D eigenvalue weighted by atomic mass is 16.7. The molecule has 1 aromatic carbocycles. The third-order valence-electron chi connectivity index (χ3n) is 3.78. The van der Waals surface area contributed by atoms with Crippen molar-refractivity contribution in [3.05, 3.63) is 35.9 Å². The van der Waals surface area contributed by atoms with E-state index < -0.39 is 0 Å². The van der Waals surface area contributed by atoms with Gasteiger partial charge in [0.15, 0.2) is 0 Å². The second kappa shape index (κ2) is 6.16. The standard InChI is InChI=1S/C17H26N2O2/c1-16(2,3)21-19(14-20)17(4)10-11-18(13-17)12-15-8-6-5-7-9-15/h5-9,14H,10-13H2,1-4H3. The fourth-order valence-electron chi connectivity index (χ4n) is 2.75. The van der Waals surface area contributed by atoms with Crippen LogP contribution in [-0.2, 0) is 16.2 Å². The van der Waals surface area contributed by atoms with Crippen LogP contribution in [0.25, 0.3) is 0 Å². The van der Waals surface area contributed by atoms with Gasteiger partial charge in [-0.2, -0.15) is 0 Å². The molecule has 1 aliphatic heterocycles. The number of benzene rings is 1. The molecule has 1 saturated heterocycles. The zero-order valence-electron chi connectivity index (χ0n) is 13.5. The normalized spacial score (nSPS) is 23.2. The predicted octanol–water partition coefficient (Wildman–Crippen LogP) is 2.84. The summed E-state index contributed by atoms with van der Waals surface area (Å²) in [6, 6.07) is 10.4. The van der Waals surface area contributed by atoms with E-state index in [1.54, 1.807) is 0 Å². The number of rotatable bonds is 5. The minimum absolute atomic E-state index is 0.260. The summed E-state index contributed by atoms with van der Waals surface area (Å²) in [7, 11) is 0. The average Bonchev–Trinajstić information content (AvgIpc) is 2.79. The van der Waals surface area contributed by atoms with Gasteiger partial charge in [0.05, 0.1) is 11.1 Å². The molecule has 0 bridgehead atoms. The van der Waals surface area contributed by atoms with Crippen LogP contribution in [0.1, 0.15) is 39.7 Å². The first-order valence-electron chi connectivity index (χ1n) is 7.52. The highest BCUT2D eigenvalue weighted by molar-refractivity contribution is 5.47. The van der Waals surface area contributed by atoms with E-state index in [-0.39, 0.29) is 11.1 Å². The van der Waals surface area contributed by atoms with Gasteiger partial charge in [-0.25, -0.2) is 5.06 Å². The van der Waals surface area contributed by atoms with Crippen LogP contribution >= 0.6 is 0 Å². The van der Waals surface area contributed by atoms with Crippen LogP contribution in [0.3, 0.4) is 0 Å². The molecule has 1 fully saturated rings. The molecular weight excluding hydrogens is 264 g/mol. The average molecular weight is 290 g/mol. The molecule has 1 unspecified atom stereocenters. The molecule has 116 valence electrons. The molecule has 1 heterocycles. The minimum Gasteiger partial charge on any atom is -0.297 e. The first-order valence-corrected chi connectivity index (χ1v) is 7.52. The molecule has 1 amide bonds. The van der Waals surface area contributed by atoms with Crippen molar-refractivity contribution in [1.29, 1.82) is 0 Å². The first kappa shape index (κ1) is 16.0. The van der Waals surface area contributed by atoms with Crippen LogP contribution in [0.4, 0.5) is 0 Å². The third kappa shape index (κ3) is 4.29. The molecule has 0 radical (unpaired) electrons. The lowest BCUT2D eigenvalue weighted by Crippen LogP contribution is -2.50. The summed E-state index contributed by atoms with van der Waals surface area (Å²) in [6.07, 6.45) is 1.74. The van der Waals surface area contributed by atoms with Gasteiger partial charge < -0.3 is 0 Å². The maximum Gasteiger partial charge on any atom is 0.233 e. The van der Waals surface area contributed by atoms with E-state index in [0.29, 0.717) is 0 Å². The summed E-state index contributed by atoms with van der Waals surface area (Å²) in [5, 5.41) is 1.51. The maximum absolute atomic E-state index is 11.4. The van der Waals surface area contributed by atoms with Crippen LogP contribution in [0.2, 0.25) is 0 Å². The number of likely N-dealkylation sites (tertiary alicyclic amines) is 1. The Bertz CT molecular complexity index is 469. The van der Waals surface area contributed by atoms with Crippen molar-refractivity contribution in [3.63, 3.8) is 0 Å². The molecule has 0 saturated carbocycles. The lowest BCUT2D eigenvalue weighted by molar-refractivity contribution is -0.250. The van der Waals surface area contributed by atoms with Crippen LogP contribution in [0, 0.1) is 0 Å². The van der Waals surface area contributed by atoms with Crippen LogP contribution in [-0.4, -0.2) is 40.6 Å². The maximum atomic E-state index is 11.4. The fraction of sp³-hybridized carbons (Fsp3) is 0.588. The summed E-state index contributed by atoms with van der Waals surface area (Å²) in [5.74, 6) is 0. The number of hydroxylamine groups is 2. The van der Waals surface area contributed by atoms with E-state index in [1.807, 2.05) is 26.8 Å². The lowest BCUT2D eigenvalue weighted by atomic mass is 10.0. The van der Waals surface area contributed by atoms with Crippen LogP contribution < -0.4 is 0 Å². The number of hydrogen-bond donors (Lipinski definition) is 0. The predicted molar refractivity (Wildman–Crippen MR) is 83.5 cm³/mol. The summed E-state index contributed by atoms with van der Waals surface area (Å²) in [6.45, 7) is 10.7. The zero-order valence-corrected chi connectivity index (χ0v) is 13.5. The second-order valence-corrected chi connectivity index (χ2v) is 7.08. The smallest absolute Gasteiger partial charge is 0.233 e. The van der Waals surface area contributed by atoms with E-state index in [4.69, 9.17) is 4.84 Å². The van der Waals surface area contributed by atoms with Gasteiger partial charge in [0.2, 0.25) is 6.41 Å². The number of carbonyl (C=O) groups is 1. The molecular formula is C17H26N2O2. The van der Waals surface area contributed by atoms with Crippen molar-refractivity contribution in [2.45, 2.75) is 51.8 Å². The van der Waals surface area contributed by atoms with Gasteiger partial charge in [0.1, 0.15) is 0 Å². The largest absolute Gasteiger partial charge is 0.297 e. The molecule has 0 aromatic heterocycles. The van der Waals surface area contributed by atoms with Crippen molar-refractivity contribution in [1.82, 2.24) is 9.96 Å². The third-order valence-corrected chi connectivity index (χ3v) is 3.78. The molecule has 21 heavy (non-hydrogen) atoms. The zero-order chi connectivity index (χ0) is 15.5. The molecule has 2 rings (SSSR count). The molecule has 0 N–H and O–H groups in total. The Labute approximate surface area is 127 Å². The van der Waals surface area contributed by atoms with E-state index in [0.717, 1.165) is 32.5 Å². The van der Waals surface area contributed by atoms with Gasteiger partial charge in [-0.05, 0) is 39.7 Å². The molecule has 1 atom stereocenters. The highest BCUT2D eigenvalue weighted by Gasteiger charge is 2.41. The van der Waals surface area contributed by atoms with Gasteiger partial charge in [0.25, 0.3) is 0 Å². The molecule has 0 spiro atoms. The SMILES string of the molecule is CC(C)(C)ON(C=O)C1(C)CCN(Cc2ccccc2)C1. The highest BCUT2D eigenvalue weighted by Crippen LogP contribution is 2.30. The second-order valence-electron chi connectivity index (χ2n) is 7.08. The minimum atomic E-state index is -0.364. The van der Waals surface area contributed by atoms with Crippen molar-refractivity contribution in [2.24, 2.45) is 0 Å². The van der Waals surface area contributed by atoms with E-state index in [1.165, 1.54) is 10.6 Å². The van der Waals surface area contributed by atoms with Gasteiger partial charge in [-0.15, -0.1) is 0 Å². The van der Waals surface area contributed by atoms with Crippen molar-refractivity contribution in [3.8, 4) is 0 Å². The van der Waals surface area contributed by atoms with E-state index >= 15 is 0 Å². The van der Waals surface area contributed by atoms with E-state index in [9.17, 15) is 4.79 Å². The molecule has 4 nitrogen and oxygen atoms in total. The Morgan fingerprint density at radius 2 is 2.00 bits per heavy atom. The van der Waals surface area contributed by atoms with E-state index in [2.05, 4.69) is 36.1 Å². The Balaban J connectivity index is 2.00. The fourth-order valence-corrected chi connectivity index (χ4v) is 2.75. The van der Waals surface area contributed by atoms with Gasteiger partial charge in [-0.3, -0.25) is 14.5 Å². The summed E-state index contributed by atoms with van der Waals surface area (Å²) in [4.78, 5) is 19.6. The summed E-state index contributed by atoms with van der Waals surface area (Å²) < 4.78 is 0. The quantitative estimate of drug-likeness (QED) is 0.617. The Hall–Kier alpha value is -1.39. The number of carbonyl (C=O) groups excluding carboxylic acids is 1.